The first kappa shape index (κ1) is 20.2. The summed E-state index contributed by atoms with van der Waals surface area (Å²) in [5.41, 5.74) is 0.806. The number of hydrogen-bond donors (Lipinski definition) is 1. The van der Waals surface area contributed by atoms with Gasteiger partial charge in [-0.25, -0.2) is 8.42 Å². The summed E-state index contributed by atoms with van der Waals surface area (Å²) >= 11 is 0. The highest BCUT2D eigenvalue weighted by Gasteiger charge is 2.23. The van der Waals surface area contributed by atoms with Crippen molar-refractivity contribution in [1.29, 1.82) is 0 Å². The van der Waals surface area contributed by atoms with E-state index < -0.39 is 10.0 Å². The van der Waals surface area contributed by atoms with E-state index in [0.29, 0.717) is 37.6 Å². The Morgan fingerprint density at radius 2 is 1.77 bits per heavy atom. The van der Waals surface area contributed by atoms with Crippen LogP contribution in [0.15, 0.2) is 24.3 Å². The first-order valence-electron chi connectivity index (χ1n) is 8.42. The molecular formula is C17H25N3O5S. The molecule has 1 aliphatic heterocycles. The summed E-state index contributed by atoms with van der Waals surface area (Å²) in [6.45, 7) is 5.38. The molecule has 1 aromatic carbocycles. The molecule has 1 heterocycles. The Hall–Kier alpha value is -2.13. The van der Waals surface area contributed by atoms with E-state index in [1.54, 1.807) is 30.9 Å². The maximum absolute atomic E-state index is 12.5. The molecule has 0 atom stereocenters. The van der Waals surface area contributed by atoms with Gasteiger partial charge in [-0.3, -0.25) is 13.9 Å². The topological polar surface area (TPSA) is 96.0 Å². The van der Waals surface area contributed by atoms with Crippen molar-refractivity contribution in [2.45, 2.75) is 19.9 Å². The number of ether oxygens (including phenoxy) is 1. The van der Waals surface area contributed by atoms with Crippen molar-refractivity contribution in [3.05, 3.63) is 29.8 Å². The summed E-state index contributed by atoms with van der Waals surface area (Å²) in [6, 6.07) is 6.14. The molecule has 0 spiro atoms. The van der Waals surface area contributed by atoms with E-state index in [9.17, 15) is 18.0 Å². The standard InChI is InChI=1S/C17H25N3O5S/c1-13(2)18-16(21)12-20(26(3,23)24)15-6-4-14(5-7-15)17(22)19-8-10-25-11-9-19/h4-7,13H,8-12H2,1-3H3,(H,18,21). The van der Waals surface area contributed by atoms with Crippen molar-refractivity contribution < 1.29 is 22.7 Å². The van der Waals surface area contributed by atoms with E-state index >= 15 is 0 Å². The molecule has 9 heteroatoms. The fraction of sp³-hybridized carbons (Fsp3) is 0.529. The van der Waals surface area contributed by atoms with Gasteiger partial charge in [0, 0.05) is 24.7 Å². The molecule has 2 amide bonds. The smallest absolute Gasteiger partial charge is 0.254 e. The Bertz CT molecular complexity index is 740. The summed E-state index contributed by atoms with van der Waals surface area (Å²) in [5.74, 6) is -0.512. The van der Waals surface area contributed by atoms with Crippen LogP contribution in [0.5, 0.6) is 0 Å². The van der Waals surface area contributed by atoms with Crippen LogP contribution in [0.25, 0.3) is 0 Å². The number of carbonyl (C=O) groups is 2. The third-order valence-corrected chi connectivity index (χ3v) is 4.98. The molecule has 1 aromatic rings. The van der Waals surface area contributed by atoms with Crippen LogP contribution in [-0.2, 0) is 19.6 Å². The van der Waals surface area contributed by atoms with Crippen LogP contribution >= 0.6 is 0 Å². The van der Waals surface area contributed by atoms with Gasteiger partial charge in [0.2, 0.25) is 15.9 Å². The summed E-state index contributed by atoms with van der Waals surface area (Å²) in [4.78, 5) is 26.1. The van der Waals surface area contributed by atoms with Crippen LogP contribution in [0.1, 0.15) is 24.2 Å². The highest BCUT2D eigenvalue weighted by molar-refractivity contribution is 7.92. The highest BCUT2D eigenvalue weighted by atomic mass is 32.2. The van der Waals surface area contributed by atoms with Crippen LogP contribution in [0.2, 0.25) is 0 Å². The van der Waals surface area contributed by atoms with Crippen LogP contribution in [0.4, 0.5) is 5.69 Å². The average molecular weight is 383 g/mol. The van der Waals surface area contributed by atoms with Gasteiger partial charge in [0.25, 0.3) is 5.91 Å². The van der Waals surface area contributed by atoms with E-state index in [4.69, 9.17) is 4.74 Å². The molecule has 0 bridgehead atoms. The van der Waals surface area contributed by atoms with Crippen LogP contribution in [0, 0.1) is 0 Å². The summed E-state index contributed by atoms with van der Waals surface area (Å²) in [5, 5.41) is 2.67. The second-order valence-corrected chi connectivity index (χ2v) is 8.35. The molecule has 1 saturated heterocycles. The Morgan fingerprint density at radius 3 is 2.27 bits per heavy atom. The number of sulfonamides is 1. The minimum atomic E-state index is -3.64. The first-order chi connectivity index (χ1) is 12.2. The van der Waals surface area contributed by atoms with E-state index in [2.05, 4.69) is 5.32 Å². The number of rotatable bonds is 6. The molecule has 0 saturated carbocycles. The zero-order valence-electron chi connectivity index (χ0n) is 15.3. The second-order valence-electron chi connectivity index (χ2n) is 6.44. The van der Waals surface area contributed by atoms with Gasteiger partial charge in [-0.2, -0.15) is 0 Å². The molecular weight excluding hydrogens is 358 g/mol. The number of hydrogen-bond acceptors (Lipinski definition) is 5. The van der Waals surface area contributed by atoms with E-state index in [0.717, 1.165) is 10.6 Å². The van der Waals surface area contributed by atoms with Crippen molar-refractivity contribution in [2.75, 3.05) is 43.4 Å². The molecule has 0 aromatic heterocycles. The molecule has 8 nitrogen and oxygen atoms in total. The predicted molar refractivity (Wildman–Crippen MR) is 98.6 cm³/mol. The van der Waals surface area contributed by atoms with E-state index in [1.165, 1.54) is 12.1 Å². The maximum Gasteiger partial charge on any atom is 0.254 e. The lowest BCUT2D eigenvalue weighted by Gasteiger charge is -2.27. The van der Waals surface area contributed by atoms with Crippen molar-refractivity contribution in [3.63, 3.8) is 0 Å². The monoisotopic (exact) mass is 383 g/mol. The van der Waals surface area contributed by atoms with Crippen LogP contribution in [-0.4, -0.2) is 70.3 Å². The lowest BCUT2D eigenvalue weighted by atomic mass is 10.1. The summed E-state index contributed by atoms with van der Waals surface area (Å²) in [7, 11) is -3.64. The largest absolute Gasteiger partial charge is 0.378 e. The minimum Gasteiger partial charge on any atom is -0.378 e. The Labute approximate surface area is 154 Å². The number of nitrogens with zero attached hydrogens (tertiary/aromatic N) is 2. The predicted octanol–water partition coefficient (Wildman–Crippen LogP) is 0.450. The molecule has 0 unspecified atom stereocenters. The van der Waals surface area contributed by atoms with Gasteiger partial charge in [-0.1, -0.05) is 0 Å². The lowest BCUT2D eigenvalue weighted by Crippen LogP contribution is -2.42. The molecule has 0 radical (unpaired) electrons. The number of amides is 2. The van der Waals surface area contributed by atoms with E-state index in [-0.39, 0.29) is 24.4 Å². The van der Waals surface area contributed by atoms with Gasteiger partial charge in [-0.05, 0) is 38.1 Å². The molecule has 0 aliphatic carbocycles. The van der Waals surface area contributed by atoms with Crippen molar-refractivity contribution >= 4 is 27.5 Å². The fourth-order valence-corrected chi connectivity index (χ4v) is 3.47. The Balaban J connectivity index is 2.16. The minimum absolute atomic E-state index is 0.0857. The van der Waals surface area contributed by atoms with Crippen molar-refractivity contribution in [1.82, 2.24) is 10.2 Å². The summed E-state index contributed by atoms with van der Waals surface area (Å²) in [6.07, 6.45) is 1.04. The molecule has 1 aliphatic rings. The quantitative estimate of drug-likeness (QED) is 0.769. The third kappa shape index (κ3) is 5.43. The van der Waals surface area contributed by atoms with Gasteiger partial charge < -0.3 is 15.0 Å². The average Bonchev–Trinajstić information content (AvgIpc) is 2.58. The first-order valence-corrected chi connectivity index (χ1v) is 10.3. The Morgan fingerprint density at radius 1 is 1.19 bits per heavy atom. The maximum atomic E-state index is 12.5. The van der Waals surface area contributed by atoms with Crippen LogP contribution < -0.4 is 9.62 Å². The number of nitrogens with one attached hydrogen (secondary N) is 1. The van der Waals surface area contributed by atoms with Crippen molar-refractivity contribution in [2.24, 2.45) is 0 Å². The van der Waals surface area contributed by atoms with Gasteiger partial charge in [-0.15, -0.1) is 0 Å². The van der Waals surface area contributed by atoms with Crippen molar-refractivity contribution in [3.8, 4) is 0 Å². The molecule has 144 valence electrons. The Kier molecular flexibility index (Phi) is 6.60. The summed E-state index contributed by atoms with van der Waals surface area (Å²) < 4.78 is 30.4. The van der Waals surface area contributed by atoms with Gasteiger partial charge >= 0.3 is 0 Å². The molecule has 1 fully saturated rings. The SMILES string of the molecule is CC(C)NC(=O)CN(c1ccc(C(=O)N2CCOCC2)cc1)S(C)(=O)=O. The molecule has 1 N–H and O–H groups in total. The van der Waals surface area contributed by atoms with E-state index in [1.807, 2.05) is 0 Å². The second kappa shape index (κ2) is 8.50. The van der Waals surface area contributed by atoms with Gasteiger partial charge in [0.05, 0.1) is 25.2 Å². The van der Waals surface area contributed by atoms with Gasteiger partial charge in [0.1, 0.15) is 6.54 Å². The molecule has 2 rings (SSSR count). The number of carbonyl (C=O) groups excluding carboxylic acids is 2. The fourth-order valence-electron chi connectivity index (χ4n) is 2.62. The third-order valence-electron chi connectivity index (χ3n) is 3.84. The number of anilines is 1. The number of benzene rings is 1. The zero-order valence-corrected chi connectivity index (χ0v) is 16.1. The normalized spacial score (nSPS) is 15.0. The lowest BCUT2D eigenvalue weighted by molar-refractivity contribution is -0.120. The van der Waals surface area contributed by atoms with Gasteiger partial charge in [0.15, 0.2) is 0 Å². The highest BCUT2D eigenvalue weighted by Crippen LogP contribution is 2.19. The molecule has 26 heavy (non-hydrogen) atoms. The zero-order chi connectivity index (χ0) is 19.3. The van der Waals surface area contributed by atoms with Crippen LogP contribution in [0.3, 0.4) is 0 Å². The number of morpholine rings is 1.